The van der Waals surface area contributed by atoms with Crippen molar-refractivity contribution in [3.05, 3.63) is 50.6 Å². The zero-order chi connectivity index (χ0) is 15.2. The molecule has 21 heavy (non-hydrogen) atoms. The molecule has 5 heteroatoms. The van der Waals surface area contributed by atoms with Gasteiger partial charge in [0.2, 0.25) is 0 Å². The van der Waals surface area contributed by atoms with E-state index in [1.165, 1.54) is 4.88 Å². The Morgan fingerprint density at radius 1 is 1.38 bits per heavy atom. The second-order valence-corrected chi connectivity index (χ2v) is 6.73. The summed E-state index contributed by atoms with van der Waals surface area (Å²) in [6.07, 6.45) is 0.980. The van der Waals surface area contributed by atoms with Crippen molar-refractivity contribution < 1.29 is 9.53 Å². The van der Waals surface area contributed by atoms with Crippen LogP contribution in [0.4, 0.5) is 0 Å². The van der Waals surface area contributed by atoms with E-state index in [0.717, 1.165) is 23.2 Å². The molecule has 1 aromatic heterocycles. The highest BCUT2D eigenvalue weighted by molar-refractivity contribution is 9.10. The number of Topliss-reactive ketones (excluding diaryl/α,β-unsaturated/α-hetero) is 1. The summed E-state index contributed by atoms with van der Waals surface area (Å²) < 4.78 is 5.98. The molecule has 0 atom stereocenters. The number of nitrogens with zero attached hydrogens (tertiary/aromatic N) is 1. The zero-order valence-corrected chi connectivity index (χ0v) is 14.5. The van der Waals surface area contributed by atoms with E-state index in [1.54, 1.807) is 24.5 Å². The number of likely N-dealkylation sites (N-methyl/N-ethyl adjacent to an activating group) is 1. The fourth-order valence-corrected chi connectivity index (χ4v) is 3.25. The van der Waals surface area contributed by atoms with Gasteiger partial charge in [0, 0.05) is 17.0 Å². The smallest absolute Gasteiger partial charge is 0.176 e. The lowest BCUT2D eigenvalue weighted by atomic mass is 10.1. The third-order valence-corrected chi connectivity index (χ3v) is 4.76. The van der Waals surface area contributed by atoms with Gasteiger partial charge >= 0.3 is 0 Å². The number of halogens is 1. The van der Waals surface area contributed by atoms with Crippen LogP contribution in [-0.4, -0.2) is 37.9 Å². The Balaban J connectivity index is 1.89. The maximum Gasteiger partial charge on any atom is 0.176 e. The minimum Gasteiger partial charge on any atom is -0.496 e. The Bertz CT molecular complexity index is 598. The lowest BCUT2D eigenvalue weighted by molar-refractivity contribution is 0.0947. The molecule has 2 rings (SSSR count). The van der Waals surface area contributed by atoms with Crippen molar-refractivity contribution in [3.63, 3.8) is 0 Å². The van der Waals surface area contributed by atoms with E-state index in [9.17, 15) is 4.79 Å². The number of carbonyl (C=O) groups excluding carboxylic acids is 1. The average molecular weight is 368 g/mol. The van der Waals surface area contributed by atoms with Crippen molar-refractivity contribution >= 4 is 33.0 Å². The highest BCUT2D eigenvalue weighted by Crippen LogP contribution is 2.25. The van der Waals surface area contributed by atoms with Gasteiger partial charge in [-0.15, -0.1) is 11.3 Å². The molecule has 0 radical (unpaired) electrons. The quantitative estimate of drug-likeness (QED) is 0.695. The number of thiophene rings is 1. The molecule has 0 amide bonds. The minimum absolute atomic E-state index is 0.118. The average Bonchev–Trinajstić information content (AvgIpc) is 2.98. The normalized spacial score (nSPS) is 10.9. The summed E-state index contributed by atoms with van der Waals surface area (Å²) in [4.78, 5) is 15.7. The lowest BCUT2D eigenvalue weighted by Gasteiger charge is -2.15. The van der Waals surface area contributed by atoms with Crippen LogP contribution in [0.5, 0.6) is 5.75 Å². The van der Waals surface area contributed by atoms with Crippen LogP contribution >= 0.6 is 27.3 Å². The van der Waals surface area contributed by atoms with Gasteiger partial charge in [-0.25, -0.2) is 0 Å². The SMILES string of the molecule is COc1ccc(C(=O)CN(C)CCc2cccs2)cc1Br. The molecule has 1 aromatic carbocycles. The summed E-state index contributed by atoms with van der Waals surface area (Å²) >= 11 is 5.16. The van der Waals surface area contributed by atoms with Crippen LogP contribution < -0.4 is 4.74 Å². The summed E-state index contributed by atoms with van der Waals surface area (Å²) in [7, 11) is 3.59. The summed E-state index contributed by atoms with van der Waals surface area (Å²) in [6.45, 7) is 1.30. The summed E-state index contributed by atoms with van der Waals surface area (Å²) in [5.41, 5.74) is 0.700. The molecule has 0 aliphatic carbocycles. The molecule has 0 spiro atoms. The second-order valence-electron chi connectivity index (χ2n) is 4.84. The third-order valence-electron chi connectivity index (χ3n) is 3.21. The van der Waals surface area contributed by atoms with Crippen LogP contribution in [0.15, 0.2) is 40.2 Å². The minimum atomic E-state index is 0.118. The Labute approximate surface area is 137 Å². The largest absolute Gasteiger partial charge is 0.496 e. The van der Waals surface area contributed by atoms with Crippen LogP contribution in [0.3, 0.4) is 0 Å². The van der Waals surface area contributed by atoms with Crippen molar-refractivity contribution in [1.29, 1.82) is 0 Å². The van der Waals surface area contributed by atoms with Crippen LogP contribution in [0.25, 0.3) is 0 Å². The van der Waals surface area contributed by atoms with Crippen molar-refractivity contribution in [1.82, 2.24) is 4.90 Å². The zero-order valence-electron chi connectivity index (χ0n) is 12.1. The van der Waals surface area contributed by atoms with Crippen molar-refractivity contribution in [2.75, 3.05) is 27.2 Å². The molecule has 0 saturated heterocycles. The van der Waals surface area contributed by atoms with Gasteiger partial charge in [-0.3, -0.25) is 9.69 Å². The highest BCUT2D eigenvalue weighted by Gasteiger charge is 2.11. The number of carbonyl (C=O) groups is 1. The summed E-state index contributed by atoms with van der Waals surface area (Å²) in [5.74, 6) is 0.852. The first kappa shape index (κ1) is 16.2. The van der Waals surface area contributed by atoms with Crippen molar-refractivity contribution in [3.8, 4) is 5.75 Å². The predicted molar refractivity (Wildman–Crippen MR) is 90.5 cm³/mol. The molecule has 1 heterocycles. The maximum absolute atomic E-state index is 12.3. The van der Waals surface area contributed by atoms with E-state index >= 15 is 0 Å². The van der Waals surface area contributed by atoms with E-state index in [4.69, 9.17) is 4.74 Å². The van der Waals surface area contributed by atoms with Crippen LogP contribution in [0, 0.1) is 0 Å². The van der Waals surface area contributed by atoms with Crippen LogP contribution in [-0.2, 0) is 6.42 Å². The molecule has 0 aliphatic heterocycles. The fraction of sp³-hybridized carbons (Fsp3) is 0.312. The van der Waals surface area contributed by atoms with Crippen molar-refractivity contribution in [2.45, 2.75) is 6.42 Å². The number of rotatable bonds is 7. The summed E-state index contributed by atoms with van der Waals surface area (Å²) in [6, 6.07) is 9.61. The standard InChI is InChI=1S/C16H18BrNO2S/c1-18(8-7-13-4-3-9-21-13)11-15(19)12-5-6-16(20-2)14(17)10-12/h3-6,9-10H,7-8,11H2,1-2H3. The number of ether oxygens (including phenoxy) is 1. The highest BCUT2D eigenvalue weighted by atomic mass is 79.9. The molecular formula is C16H18BrNO2S. The van der Waals surface area contributed by atoms with Gasteiger partial charge in [0.15, 0.2) is 5.78 Å². The molecule has 0 unspecified atom stereocenters. The lowest BCUT2D eigenvalue weighted by Crippen LogP contribution is -2.27. The maximum atomic E-state index is 12.3. The van der Waals surface area contributed by atoms with Gasteiger partial charge in [0.25, 0.3) is 0 Å². The van der Waals surface area contributed by atoms with Crippen molar-refractivity contribution in [2.24, 2.45) is 0 Å². The first-order chi connectivity index (χ1) is 10.1. The number of hydrogen-bond donors (Lipinski definition) is 0. The van der Waals surface area contributed by atoms with Gasteiger partial charge in [-0.05, 0) is 59.0 Å². The Kier molecular flexibility index (Phi) is 5.96. The first-order valence-electron chi connectivity index (χ1n) is 6.68. The topological polar surface area (TPSA) is 29.5 Å². The number of benzene rings is 1. The van der Waals surface area contributed by atoms with E-state index in [0.29, 0.717) is 12.1 Å². The van der Waals surface area contributed by atoms with Gasteiger partial charge in [-0.1, -0.05) is 6.07 Å². The Morgan fingerprint density at radius 2 is 2.19 bits per heavy atom. The molecule has 0 N–H and O–H groups in total. The van der Waals surface area contributed by atoms with E-state index in [1.807, 2.05) is 19.2 Å². The van der Waals surface area contributed by atoms with E-state index in [-0.39, 0.29) is 5.78 Å². The van der Waals surface area contributed by atoms with E-state index in [2.05, 4.69) is 38.3 Å². The fourth-order valence-electron chi connectivity index (χ4n) is 2.01. The number of ketones is 1. The van der Waals surface area contributed by atoms with Gasteiger partial charge in [0.05, 0.1) is 18.1 Å². The monoisotopic (exact) mass is 367 g/mol. The number of methoxy groups -OCH3 is 1. The molecule has 3 nitrogen and oxygen atoms in total. The summed E-state index contributed by atoms with van der Waals surface area (Å²) in [5, 5.41) is 2.08. The molecule has 0 aliphatic rings. The molecule has 0 fully saturated rings. The Morgan fingerprint density at radius 3 is 2.81 bits per heavy atom. The molecule has 2 aromatic rings. The molecule has 112 valence electrons. The van der Waals surface area contributed by atoms with Gasteiger partial charge in [-0.2, -0.15) is 0 Å². The molecular weight excluding hydrogens is 350 g/mol. The Hall–Kier alpha value is -1.17. The van der Waals surface area contributed by atoms with Crippen LogP contribution in [0.1, 0.15) is 15.2 Å². The predicted octanol–water partition coefficient (Wildman–Crippen LogP) is 3.88. The third kappa shape index (κ3) is 4.66. The molecule has 0 bridgehead atoms. The van der Waals surface area contributed by atoms with E-state index < -0.39 is 0 Å². The van der Waals surface area contributed by atoms with Gasteiger partial charge < -0.3 is 4.74 Å². The van der Waals surface area contributed by atoms with Gasteiger partial charge in [0.1, 0.15) is 5.75 Å². The number of hydrogen-bond acceptors (Lipinski definition) is 4. The first-order valence-corrected chi connectivity index (χ1v) is 8.35. The van der Waals surface area contributed by atoms with Crippen LogP contribution in [0.2, 0.25) is 0 Å². The second kappa shape index (κ2) is 7.73. The molecule has 0 saturated carbocycles.